The van der Waals surface area contributed by atoms with Gasteiger partial charge in [0.05, 0.1) is 27.9 Å². The van der Waals surface area contributed by atoms with Gasteiger partial charge in [0.2, 0.25) is 0 Å². The van der Waals surface area contributed by atoms with E-state index in [4.69, 9.17) is 4.74 Å². The molecule has 0 aliphatic carbocycles. The molecule has 114 valence electrons. The van der Waals surface area contributed by atoms with Crippen molar-refractivity contribution in [1.82, 2.24) is 15.0 Å². The summed E-state index contributed by atoms with van der Waals surface area (Å²) in [4.78, 5) is 13.7. The summed E-state index contributed by atoms with van der Waals surface area (Å²) >= 11 is 1.58. The van der Waals surface area contributed by atoms with Crippen LogP contribution in [0.5, 0.6) is 5.88 Å². The molecule has 0 atom stereocenters. The summed E-state index contributed by atoms with van der Waals surface area (Å²) in [5, 5.41) is 4.02. The summed E-state index contributed by atoms with van der Waals surface area (Å²) in [5.41, 5.74) is 2.59. The number of rotatable bonds is 4. The van der Waals surface area contributed by atoms with E-state index in [1.807, 2.05) is 55.5 Å². The smallest absolute Gasteiger partial charge is 0.258 e. The quantitative estimate of drug-likeness (QED) is 0.604. The molecular formula is C17H14N4OS. The average Bonchev–Trinajstić information content (AvgIpc) is 2.98. The van der Waals surface area contributed by atoms with Crippen LogP contribution in [0.4, 0.5) is 10.9 Å². The fourth-order valence-corrected chi connectivity index (χ4v) is 3.19. The first kappa shape index (κ1) is 13.9. The van der Waals surface area contributed by atoms with E-state index in [0.29, 0.717) is 18.3 Å². The number of aromatic nitrogens is 3. The Hall–Kier alpha value is -2.73. The Labute approximate surface area is 137 Å². The maximum atomic E-state index is 5.63. The first-order valence-corrected chi connectivity index (χ1v) is 8.17. The van der Waals surface area contributed by atoms with Crippen LogP contribution in [0.15, 0.2) is 48.5 Å². The third kappa shape index (κ3) is 2.68. The molecule has 0 bridgehead atoms. The van der Waals surface area contributed by atoms with Gasteiger partial charge in [-0.1, -0.05) is 35.6 Å². The van der Waals surface area contributed by atoms with Gasteiger partial charge in [0.25, 0.3) is 5.88 Å². The number of fused-ring (bicyclic) bond motifs is 2. The standard InChI is InChI=1S/C17H14N4OS/c1-2-22-16-15(18-11-7-3-4-8-12(11)19-16)21-17-20-13-9-5-6-10-14(13)23-17/h3-10H,2H2,1H3,(H,18,20,21). The molecule has 1 N–H and O–H groups in total. The highest BCUT2D eigenvalue weighted by molar-refractivity contribution is 7.22. The van der Waals surface area contributed by atoms with Gasteiger partial charge in [-0.15, -0.1) is 0 Å². The molecular weight excluding hydrogens is 308 g/mol. The van der Waals surface area contributed by atoms with Crippen LogP contribution in [0.3, 0.4) is 0 Å². The molecule has 0 aliphatic rings. The Morgan fingerprint density at radius 2 is 1.61 bits per heavy atom. The SMILES string of the molecule is CCOc1nc2ccccc2nc1Nc1nc2ccccc2s1. The molecule has 4 aromatic rings. The lowest BCUT2D eigenvalue weighted by molar-refractivity contribution is 0.329. The van der Waals surface area contributed by atoms with E-state index in [9.17, 15) is 0 Å². The van der Waals surface area contributed by atoms with Gasteiger partial charge in [0.15, 0.2) is 10.9 Å². The third-order valence-corrected chi connectivity index (χ3v) is 4.29. The van der Waals surface area contributed by atoms with Crippen molar-refractivity contribution in [3.05, 3.63) is 48.5 Å². The normalized spacial score (nSPS) is 11.0. The van der Waals surface area contributed by atoms with Crippen LogP contribution in [-0.4, -0.2) is 21.6 Å². The van der Waals surface area contributed by atoms with Gasteiger partial charge in [-0.2, -0.15) is 0 Å². The van der Waals surface area contributed by atoms with Crippen LogP contribution < -0.4 is 10.1 Å². The fraction of sp³-hybridized carbons (Fsp3) is 0.118. The Morgan fingerprint density at radius 1 is 0.913 bits per heavy atom. The van der Waals surface area contributed by atoms with Gasteiger partial charge in [0.1, 0.15) is 0 Å². The number of anilines is 2. The topological polar surface area (TPSA) is 59.9 Å². The van der Waals surface area contributed by atoms with Crippen molar-refractivity contribution in [3.63, 3.8) is 0 Å². The van der Waals surface area contributed by atoms with Gasteiger partial charge >= 0.3 is 0 Å². The molecule has 0 amide bonds. The van der Waals surface area contributed by atoms with E-state index in [1.54, 1.807) is 11.3 Å². The van der Waals surface area contributed by atoms with Crippen molar-refractivity contribution < 1.29 is 4.74 Å². The zero-order chi connectivity index (χ0) is 15.6. The second-order valence-electron chi connectivity index (χ2n) is 4.91. The predicted molar refractivity (Wildman–Crippen MR) is 93.6 cm³/mol. The summed E-state index contributed by atoms with van der Waals surface area (Å²) < 4.78 is 6.76. The average molecular weight is 322 g/mol. The highest BCUT2D eigenvalue weighted by Gasteiger charge is 2.12. The molecule has 0 aliphatic heterocycles. The highest BCUT2D eigenvalue weighted by atomic mass is 32.1. The molecule has 23 heavy (non-hydrogen) atoms. The third-order valence-electron chi connectivity index (χ3n) is 3.34. The molecule has 2 aromatic heterocycles. The zero-order valence-corrected chi connectivity index (χ0v) is 13.3. The van der Waals surface area contributed by atoms with Crippen molar-refractivity contribution in [2.45, 2.75) is 6.92 Å². The summed E-state index contributed by atoms with van der Waals surface area (Å²) in [6.07, 6.45) is 0. The number of nitrogens with zero attached hydrogens (tertiary/aromatic N) is 3. The molecule has 0 radical (unpaired) electrons. The van der Waals surface area contributed by atoms with Gasteiger partial charge in [0, 0.05) is 0 Å². The first-order chi connectivity index (χ1) is 11.3. The molecule has 5 nitrogen and oxygen atoms in total. The van der Waals surface area contributed by atoms with E-state index in [1.165, 1.54) is 0 Å². The monoisotopic (exact) mass is 322 g/mol. The molecule has 0 saturated heterocycles. The second kappa shape index (κ2) is 5.81. The second-order valence-corrected chi connectivity index (χ2v) is 5.94. The molecule has 0 saturated carbocycles. The first-order valence-electron chi connectivity index (χ1n) is 7.35. The van der Waals surface area contributed by atoms with Gasteiger partial charge in [-0.25, -0.2) is 15.0 Å². The fourth-order valence-electron chi connectivity index (χ4n) is 2.33. The van der Waals surface area contributed by atoms with Gasteiger partial charge in [-0.3, -0.25) is 0 Å². The Kier molecular flexibility index (Phi) is 3.51. The van der Waals surface area contributed by atoms with Crippen LogP contribution in [0.2, 0.25) is 0 Å². The van der Waals surface area contributed by atoms with Crippen molar-refractivity contribution >= 4 is 43.5 Å². The van der Waals surface area contributed by atoms with Crippen LogP contribution >= 0.6 is 11.3 Å². The Balaban J connectivity index is 1.78. The molecule has 0 spiro atoms. The van der Waals surface area contributed by atoms with E-state index >= 15 is 0 Å². The number of benzene rings is 2. The number of hydrogen-bond acceptors (Lipinski definition) is 6. The van der Waals surface area contributed by atoms with Crippen molar-refractivity contribution in [3.8, 4) is 5.88 Å². The largest absolute Gasteiger partial charge is 0.475 e. The summed E-state index contributed by atoms with van der Waals surface area (Å²) in [6, 6.07) is 15.8. The van der Waals surface area contributed by atoms with Crippen LogP contribution in [-0.2, 0) is 0 Å². The van der Waals surface area contributed by atoms with Crippen molar-refractivity contribution in [1.29, 1.82) is 0 Å². The number of ether oxygens (including phenoxy) is 1. The summed E-state index contributed by atoms with van der Waals surface area (Å²) in [6.45, 7) is 2.46. The maximum Gasteiger partial charge on any atom is 0.258 e. The minimum absolute atomic E-state index is 0.491. The minimum atomic E-state index is 0.491. The van der Waals surface area contributed by atoms with Gasteiger partial charge < -0.3 is 10.1 Å². The molecule has 6 heteroatoms. The van der Waals surface area contributed by atoms with Crippen LogP contribution in [0, 0.1) is 0 Å². The van der Waals surface area contributed by atoms with E-state index in [-0.39, 0.29) is 0 Å². The van der Waals surface area contributed by atoms with Crippen molar-refractivity contribution in [2.24, 2.45) is 0 Å². The van der Waals surface area contributed by atoms with E-state index in [2.05, 4.69) is 20.3 Å². The molecule has 0 fully saturated rings. The molecule has 4 rings (SSSR count). The lowest BCUT2D eigenvalue weighted by Gasteiger charge is -2.09. The number of hydrogen-bond donors (Lipinski definition) is 1. The highest BCUT2D eigenvalue weighted by Crippen LogP contribution is 2.31. The van der Waals surface area contributed by atoms with E-state index in [0.717, 1.165) is 26.4 Å². The lowest BCUT2D eigenvalue weighted by atomic mass is 10.3. The minimum Gasteiger partial charge on any atom is -0.475 e. The Morgan fingerprint density at radius 3 is 2.35 bits per heavy atom. The molecule has 2 aromatic carbocycles. The zero-order valence-electron chi connectivity index (χ0n) is 12.5. The van der Waals surface area contributed by atoms with Gasteiger partial charge in [-0.05, 0) is 31.2 Å². The van der Waals surface area contributed by atoms with Crippen LogP contribution in [0.1, 0.15) is 6.92 Å². The summed E-state index contributed by atoms with van der Waals surface area (Å²) in [7, 11) is 0. The van der Waals surface area contributed by atoms with Crippen LogP contribution in [0.25, 0.3) is 21.3 Å². The number of thiazole rings is 1. The molecule has 0 unspecified atom stereocenters. The van der Waals surface area contributed by atoms with Crippen molar-refractivity contribution in [2.75, 3.05) is 11.9 Å². The maximum absolute atomic E-state index is 5.63. The summed E-state index contributed by atoms with van der Waals surface area (Å²) in [5.74, 6) is 1.08. The lowest BCUT2D eigenvalue weighted by Crippen LogP contribution is -2.03. The Bertz CT molecular complexity index is 950. The number of nitrogens with one attached hydrogen (secondary N) is 1. The molecule has 2 heterocycles. The predicted octanol–water partition coefficient (Wildman–Crippen LogP) is 4.38. The number of para-hydroxylation sites is 3. The van der Waals surface area contributed by atoms with E-state index < -0.39 is 0 Å².